The first-order valence-electron chi connectivity index (χ1n) is 9.51. The van der Waals surface area contributed by atoms with Crippen LogP contribution in [0, 0.1) is 0 Å². The van der Waals surface area contributed by atoms with Crippen molar-refractivity contribution in [2.75, 3.05) is 25.1 Å². The number of carbonyl (C=O) groups is 1. The molecule has 160 valence electrons. The number of amides is 1. The molecule has 0 aliphatic rings. The van der Waals surface area contributed by atoms with Gasteiger partial charge < -0.3 is 16.0 Å². The van der Waals surface area contributed by atoms with E-state index in [-0.39, 0.29) is 11.9 Å². The third kappa shape index (κ3) is 6.75. The van der Waals surface area contributed by atoms with E-state index in [9.17, 15) is 4.79 Å². The fourth-order valence-electron chi connectivity index (χ4n) is 2.94. The van der Waals surface area contributed by atoms with Gasteiger partial charge in [-0.1, -0.05) is 41.0 Å². The predicted octanol–water partition coefficient (Wildman–Crippen LogP) is 5.30. The second-order valence-corrected chi connectivity index (χ2v) is 10.3. The number of aromatic nitrogens is 1. The lowest BCUT2D eigenvalue weighted by molar-refractivity contribution is -0.119. The van der Waals surface area contributed by atoms with Gasteiger partial charge in [0.15, 0.2) is 4.34 Å². The molecule has 2 aromatic carbocycles. The number of carbonyl (C=O) groups excluding carboxylic acids is 1. The van der Waals surface area contributed by atoms with Gasteiger partial charge in [-0.2, -0.15) is 0 Å². The summed E-state index contributed by atoms with van der Waals surface area (Å²) in [7, 11) is 2.05. The normalized spacial score (nSPS) is 12.4. The number of nitrogens with zero attached hydrogens (tertiary/aromatic N) is 2. The molecule has 1 heterocycles. The van der Waals surface area contributed by atoms with Gasteiger partial charge in [-0.3, -0.25) is 4.79 Å². The van der Waals surface area contributed by atoms with Crippen LogP contribution in [0.3, 0.4) is 0 Å². The summed E-state index contributed by atoms with van der Waals surface area (Å²) in [5.74, 6) is 0.358. The number of nitrogens with two attached hydrogens (primary N) is 1. The summed E-state index contributed by atoms with van der Waals surface area (Å²) in [5, 5.41) is 4.19. The SMILES string of the molecule is CC(CCN(C)Cc1ccc(Cl)c(Cl)c1)NC(=O)CSc1nc2ccc(N)cc2s1. The van der Waals surface area contributed by atoms with Crippen LogP contribution in [0.25, 0.3) is 10.2 Å². The van der Waals surface area contributed by atoms with Gasteiger partial charge in [0, 0.05) is 24.8 Å². The lowest BCUT2D eigenvalue weighted by atomic mass is 10.2. The van der Waals surface area contributed by atoms with E-state index in [2.05, 4.69) is 15.2 Å². The molecule has 30 heavy (non-hydrogen) atoms. The number of nitrogen functional groups attached to an aromatic ring is 1. The van der Waals surface area contributed by atoms with E-state index in [4.69, 9.17) is 28.9 Å². The molecule has 9 heteroatoms. The Morgan fingerprint density at radius 3 is 2.83 bits per heavy atom. The number of benzene rings is 2. The van der Waals surface area contributed by atoms with Crippen LogP contribution < -0.4 is 11.1 Å². The van der Waals surface area contributed by atoms with E-state index in [0.29, 0.717) is 15.8 Å². The van der Waals surface area contributed by atoms with E-state index in [1.165, 1.54) is 11.8 Å². The first kappa shape index (κ1) is 23.2. The van der Waals surface area contributed by atoms with E-state index in [0.717, 1.165) is 45.3 Å². The minimum absolute atomic E-state index is 0.0124. The molecule has 0 aliphatic carbocycles. The van der Waals surface area contributed by atoms with Gasteiger partial charge in [-0.05, 0) is 56.3 Å². The minimum atomic E-state index is 0.0124. The zero-order valence-electron chi connectivity index (χ0n) is 16.8. The molecule has 5 nitrogen and oxygen atoms in total. The molecule has 0 bridgehead atoms. The van der Waals surface area contributed by atoms with Crippen molar-refractivity contribution < 1.29 is 4.79 Å². The highest BCUT2D eigenvalue weighted by atomic mass is 35.5. The van der Waals surface area contributed by atoms with Crippen molar-refractivity contribution in [3.05, 3.63) is 52.0 Å². The molecular formula is C21H24Cl2N4OS2. The van der Waals surface area contributed by atoms with Gasteiger partial charge in [0.25, 0.3) is 0 Å². The molecule has 0 fully saturated rings. The summed E-state index contributed by atoms with van der Waals surface area (Å²) in [6.07, 6.45) is 0.856. The molecule has 3 N–H and O–H groups in total. The highest BCUT2D eigenvalue weighted by molar-refractivity contribution is 8.01. The predicted molar refractivity (Wildman–Crippen MR) is 130 cm³/mol. The first-order valence-corrected chi connectivity index (χ1v) is 12.1. The fourth-order valence-corrected chi connectivity index (χ4v) is 5.19. The standard InChI is InChI=1S/C21H24Cl2N4OS2/c1-13(7-8-27(2)11-14-3-5-16(22)17(23)9-14)25-20(28)12-29-21-26-18-6-4-15(24)10-19(18)30-21/h3-6,9-10,13H,7-8,11-12,24H2,1-2H3,(H,25,28). The number of hydrogen-bond donors (Lipinski definition) is 2. The lowest BCUT2D eigenvalue weighted by Crippen LogP contribution is -2.36. The van der Waals surface area contributed by atoms with Crippen molar-refractivity contribution in [3.63, 3.8) is 0 Å². The highest BCUT2D eigenvalue weighted by Crippen LogP contribution is 2.30. The Bertz CT molecular complexity index is 1030. The molecule has 1 amide bonds. The summed E-state index contributed by atoms with van der Waals surface area (Å²) >= 11 is 15.0. The third-order valence-electron chi connectivity index (χ3n) is 4.51. The van der Waals surface area contributed by atoms with Crippen LogP contribution in [0.1, 0.15) is 18.9 Å². The number of nitrogens with one attached hydrogen (secondary N) is 1. The van der Waals surface area contributed by atoms with Gasteiger partial charge in [0.1, 0.15) is 0 Å². The second-order valence-electron chi connectivity index (χ2n) is 7.24. The van der Waals surface area contributed by atoms with Crippen molar-refractivity contribution in [2.45, 2.75) is 30.3 Å². The molecule has 1 atom stereocenters. The Labute approximate surface area is 194 Å². The summed E-state index contributed by atoms with van der Waals surface area (Å²) < 4.78 is 1.91. The second kappa shape index (κ2) is 10.7. The third-order valence-corrected chi connectivity index (χ3v) is 7.41. The number of thioether (sulfide) groups is 1. The van der Waals surface area contributed by atoms with Gasteiger partial charge in [-0.15, -0.1) is 11.3 Å². The zero-order valence-corrected chi connectivity index (χ0v) is 20.0. The molecule has 0 radical (unpaired) electrons. The lowest BCUT2D eigenvalue weighted by Gasteiger charge is -2.20. The fraction of sp³-hybridized carbons (Fsp3) is 0.333. The van der Waals surface area contributed by atoms with Gasteiger partial charge in [0.2, 0.25) is 5.91 Å². The van der Waals surface area contributed by atoms with Crippen molar-refractivity contribution in [2.24, 2.45) is 0 Å². The maximum absolute atomic E-state index is 12.3. The molecule has 0 aliphatic heterocycles. The number of anilines is 1. The molecule has 0 saturated heterocycles. The Morgan fingerprint density at radius 1 is 1.27 bits per heavy atom. The Morgan fingerprint density at radius 2 is 2.07 bits per heavy atom. The first-order chi connectivity index (χ1) is 14.3. The Kier molecular flexibility index (Phi) is 8.25. The van der Waals surface area contributed by atoms with E-state index in [1.54, 1.807) is 11.3 Å². The molecule has 1 aromatic heterocycles. The van der Waals surface area contributed by atoms with Gasteiger partial charge >= 0.3 is 0 Å². The van der Waals surface area contributed by atoms with Crippen molar-refractivity contribution in [3.8, 4) is 0 Å². The smallest absolute Gasteiger partial charge is 0.230 e. The molecule has 1 unspecified atom stereocenters. The number of fused-ring (bicyclic) bond motifs is 1. The van der Waals surface area contributed by atoms with E-state index < -0.39 is 0 Å². The monoisotopic (exact) mass is 482 g/mol. The zero-order chi connectivity index (χ0) is 21.7. The summed E-state index contributed by atoms with van der Waals surface area (Å²) in [6, 6.07) is 11.4. The Balaban J connectivity index is 1.39. The molecule has 0 saturated carbocycles. The molecule has 0 spiro atoms. The number of hydrogen-bond acceptors (Lipinski definition) is 6. The summed E-state index contributed by atoms with van der Waals surface area (Å²) in [5.41, 5.74) is 8.55. The van der Waals surface area contributed by atoms with Crippen molar-refractivity contribution >= 4 is 68.1 Å². The van der Waals surface area contributed by atoms with Crippen molar-refractivity contribution in [1.29, 1.82) is 0 Å². The summed E-state index contributed by atoms with van der Waals surface area (Å²) in [6.45, 7) is 3.65. The van der Waals surface area contributed by atoms with Gasteiger partial charge in [0.05, 0.1) is 26.0 Å². The van der Waals surface area contributed by atoms with Crippen LogP contribution in [0.5, 0.6) is 0 Å². The van der Waals surface area contributed by atoms with E-state index >= 15 is 0 Å². The van der Waals surface area contributed by atoms with Crippen LogP contribution in [-0.2, 0) is 11.3 Å². The summed E-state index contributed by atoms with van der Waals surface area (Å²) in [4.78, 5) is 19.0. The van der Waals surface area contributed by atoms with Crippen LogP contribution in [-0.4, -0.2) is 41.2 Å². The van der Waals surface area contributed by atoms with E-state index in [1.807, 2.05) is 50.4 Å². The molecule has 3 aromatic rings. The number of halogens is 2. The largest absolute Gasteiger partial charge is 0.399 e. The number of rotatable bonds is 9. The maximum atomic E-state index is 12.3. The highest BCUT2D eigenvalue weighted by Gasteiger charge is 2.12. The quantitative estimate of drug-likeness (QED) is 0.319. The topological polar surface area (TPSA) is 71.2 Å². The van der Waals surface area contributed by atoms with Crippen LogP contribution >= 0.6 is 46.3 Å². The molecule has 3 rings (SSSR count). The minimum Gasteiger partial charge on any atom is -0.399 e. The molecular weight excluding hydrogens is 459 g/mol. The van der Waals surface area contributed by atoms with Crippen molar-refractivity contribution in [1.82, 2.24) is 15.2 Å². The van der Waals surface area contributed by atoms with Crippen LogP contribution in [0.15, 0.2) is 40.7 Å². The Hall–Kier alpha value is -1.51. The average molecular weight is 483 g/mol. The number of thiazole rings is 1. The average Bonchev–Trinajstić information content (AvgIpc) is 3.10. The van der Waals surface area contributed by atoms with Gasteiger partial charge in [-0.25, -0.2) is 4.98 Å². The van der Waals surface area contributed by atoms with Crippen LogP contribution in [0.2, 0.25) is 10.0 Å². The van der Waals surface area contributed by atoms with Crippen LogP contribution in [0.4, 0.5) is 5.69 Å². The maximum Gasteiger partial charge on any atom is 0.230 e.